The number of morpholine rings is 1. The zero-order chi connectivity index (χ0) is 17.5. The molecule has 3 N–H and O–H groups in total. The predicted octanol–water partition coefficient (Wildman–Crippen LogP) is 3.01. The van der Waals surface area contributed by atoms with E-state index in [4.69, 9.17) is 10.5 Å². The van der Waals surface area contributed by atoms with E-state index in [-0.39, 0.29) is 0 Å². The Hall–Kier alpha value is -2.53. The van der Waals surface area contributed by atoms with Gasteiger partial charge in [-0.15, -0.1) is 0 Å². The zero-order valence-corrected chi connectivity index (χ0v) is 14.7. The average Bonchev–Trinajstić information content (AvgIpc) is 2.68. The van der Waals surface area contributed by atoms with E-state index in [9.17, 15) is 0 Å². The maximum absolute atomic E-state index is 6.06. The van der Waals surface area contributed by atoms with E-state index in [2.05, 4.69) is 52.5 Å². The molecule has 1 fully saturated rings. The fraction of sp³-hybridized carbons (Fsp3) is 0.350. The first kappa shape index (κ1) is 17.3. The lowest BCUT2D eigenvalue weighted by molar-refractivity contribution is 0.122. The molecule has 3 rings (SSSR count). The molecule has 25 heavy (non-hydrogen) atoms. The Bertz CT molecular complexity index is 706. The number of nitrogens with one attached hydrogen (secondary N) is 1. The third-order valence-electron chi connectivity index (χ3n) is 4.40. The van der Waals surface area contributed by atoms with Gasteiger partial charge < -0.3 is 20.7 Å². The summed E-state index contributed by atoms with van der Waals surface area (Å²) in [5.74, 6) is 0.432. The maximum Gasteiger partial charge on any atom is 0.193 e. The second-order valence-corrected chi connectivity index (χ2v) is 6.11. The molecule has 0 bridgehead atoms. The van der Waals surface area contributed by atoms with Crippen LogP contribution in [-0.4, -0.2) is 32.3 Å². The largest absolute Gasteiger partial charge is 0.378 e. The first-order valence-electron chi connectivity index (χ1n) is 8.82. The Morgan fingerprint density at radius 1 is 1.12 bits per heavy atom. The van der Waals surface area contributed by atoms with Gasteiger partial charge in [0.25, 0.3) is 0 Å². The summed E-state index contributed by atoms with van der Waals surface area (Å²) in [5, 5.41) is 3.16. The molecular formula is C20H26N4O. The lowest BCUT2D eigenvalue weighted by Gasteiger charge is -2.30. The molecule has 1 saturated heterocycles. The quantitative estimate of drug-likeness (QED) is 0.650. The van der Waals surface area contributed by atoms with Crippen LogP contribution in [-0.2, 0) is 17.7 Å². The van der Waals surface area contributed by atoms with Gasteiger partial charge in [-0.3, -0.25) is 0 Å². The van der Waals surface area contributed by atoms with E-state index in [0.717, 1.165) is 38.4 Å². The molecule has 0 aromatic heterocycles. The summed E-state index contributed by atoms with van der Waals surface area (Å²) >= 11 is 0. The standard InChI is InChI=1S/C20H26N4O/c1-2-16-7-9-18(10-8-16)23-20(21)22-15-17-5-3-4-6-19(17)24-11-13-25-14-12-24/h3-10H,2,11-15H2,1H3,(H3,21,22,23). The van der Waals surface area contributed by atoms with Crippen LogP contribution in [0.4, 0.5) is 11.4 Å². The molecular weight excluding hydrogens is 312 g/mol. The maximum atomic E-state index is 6.06. The van der Waals surface area contributed by atoms with Crippen molar-refractivity contribution in [2.75, 3.05) is 36.5 Å². The van der Waals surface area contributed by atoms with Crippen LogP contribution in [0.2, 0.25) is 0 Å². The van der Waals surface area contributed by atoms with E-state index in [1.807, 2.05) is 18.2 Å². The summed E-state index contributed by atoms with van der Waals surface area (Å²) in [4.78, 5) is 6.86. The fourth-order valence-electron chi connectivity index (χ4n) is 2.94. The summed E-state index contributed by atoms with van der Waals surface area (Å²) in [7, 11) is 0. The molecule has 2 aromatic rings. The minimum Gasteiger partial charge on any atom is -0.378 e. The third kappa shape index (κ3) is 4.73. The predicted molar refractivity (Wildman–Crippen MR) is 104 cm³/mol. The lowest BCUT2D eigenvalue weighted by atomic mass is 10.1. The molecule has 5 heteroatoms. The van der Waals surface area contributed by atoms with Crippen molar-refractivity contribution in [1.29, 1.82) is 0 Å². The van der Waals surface area contributed by atoms with Gasteiger partial charge in [-0.2, -0.15) is 0 Å². The number of anilines is 2. The molecule has 0 aliphatic carbocycles. The van der Waals surface area contributed by atoms with Crippen LogP contribution in [0.15, 0.2) is 53.5 Å². The highest BCUT2D eigenvalue weighted by atomic mass is 16.5. The van der Waals surface area contributed by atoms with Crippen molar-refractivity contribution < 1.29 is 4.74 Å². The highest BCUT2D eigenvalue weighted by Crippen LogP contribution is 2.22. The van der Waals surface area contributed by atoms with Gasteiger partial charge in [-0.1, -0.05) is 37.3 Å². The Kier molecular flexibility index (Phi) is 5.90. The number of ether oxygens (including phenoxy) is 1. The summed E-state index contributed by atoms with van der Waals surface area (Å²) in [6.45, 7) is 6.07. The third-order valence-corrected chi connectivity index (χ3v) is 4.40. The summed E-state index contributed by atoms with van der Waals surface area (Å²) < 4.78 is 5.44. The summed E-state index contributed by atoms with van der Waals surface area (Å²) in [6.07, 6.45) is 1.03. The number of para-hydroxylation sites is 1. The molecule has 5 nitrogen and oxygen atoms in total. The SMILES string of the molecule is CCc1ccc(NC(N)=NCc2ccccc2N2CCOCC2)cc1. The Balaban J connectivity index is 1.66. The van der Waals surface area contributed by atoms with E-state index < -0.39 is 0 Å². The lowest BCUT2D eigenvalue weighted by Crippen LogP contribution is -2.36. The second-order valence-electron chi connectivity index (χ2n) is 6.11. The van der Waals surface area contributed by atoms with E-state index in [1.165, 1.54) is 16.8 Å². The first-order chi connectivity index (χ1) is 12.3. The summed E-state index contributed by atoms with van der Waals surface area (Å²) in [5.41, 5.74) is 10.7. The Labute approximate surface area is 149 Å². The van der Waals surface area contributed by atoms with Crippen molar-refractivity contribution in [2.24, 2.45) is 10.7 Å². The van der Waals surface area contributed by atoms with Crippen LogP contribution in [0.25, 0.3) is 0 Å². The van der Waals surface area contributed by atoms with Gasteiger partial charge in [0.2, 0.25) is 0 Å². The number of rotatable bonds is 5. The van der Waals surface area contributed by atoms with Crippen LogP contribution in [0.1, 0.15) is 18.1 Å². The van der Waals surface area contributed by atoms with Crippen molar-refractivity contribution in [3.8, 4) is 0 Å². The number of hydrogen-bond acceptors (Lipinski definition) is 3. The molecule has 0 saturated carbocycles. The Morgan fingerprint density at radius 2 is 1.84 bits per heavy atom. The van der Waals surface area contributed by atoms with Gasteiger partial charge in [0.15, 0.2) is 5.96 Å². The molecule has 1 aliphatic heterocycles. The van der Waals surface area contributed by atoms with Crippen molar-refractivity contribution in [2.45, 2.75) is 19.9 Å². The van der Waals surface area contributed by atoms with Gasteiger partial charge in [0.1, 0.15) is 0 Å². The Morgan fingerprint density at radius 3 is 2.56 bits per heavy atom. The van der Waals surface area contributed by atoms with Crippen LogP contribution >= 0.6 is 0 Å². The molecule has 0 spiro atoms. The van der Waals surface area contributed by atoms with Crippen molar-refractivity contribution in [1.82, 2.24) is 0 Å². The van der Waals surface area contributed by atoms with Crippen molar-refractivity contribution >= 4 is 17.3 Å². The first-order valence-corrected chi connectivity index (χ1v) is 8.82. The number of aliphatic imine (C=N–C) groups is 1. The number of aryl methyl sites for hydroxylation is 1. The zero-order valence-electron chi connectivity index (χ0n) is 14.7. The van der Waals surface area contributed by atoms with E-state index in [0.29, 0.717) is 12.5 Å². The van der Waals surface area contributed by atoms with Gasteiger partial charge in [0, 0.05) is 24.5 Å². The van der Waals surface area contributed by atoms with Gasteiger partial charge in [-0.05, 0) is 35.7 Å². The molecule has 0 unspecified atom stereocenters. The van der Waals surface area contributed by atoms with Crippen LogP contribution < -0.4 is 16.0 Å². The molecule has 0 atom stereocenters. The van der Waals surface area contributed by atoms with E-state index >= 15 is 0 Å². The topological polar surface area (TPSA) is 62.9 Å². The van der Waals surface area contributed by atoms with Gasteiger partial charge in [-0.25, -0.2) is 4.99 Å². The average molecular weight is 338 g/mol. The van der Waals surface area contributed by atoms with Crippen molar-refractivity contribution in [3.05, 3.63) is 59.7 Å². The minimum atomic E-state index is 0.432. The van der Waals surface area contributed by atoms with E-state index in [1.54, 1.807) is 0 Å². The highest BCUT2D eigenvalue weighted by Gasteiger charge is 2.14. The normalized spacial score (nSPS) is 15.2. The molecule has 1 aliphatic rings. The molecule has 132 valence electrons. The number of nitrogens with zero attached hydrogens (tertiary/aromatic N) is 2. The van der Waals surface area contributed by atoms with Crippen molar-refractivity contribution in [3.63, 3.8) is 0 Å². The summed E-state index contributed by atoms with van der Waals surface area (Å²) in [6, 6.07) is 16.6. The van der Waals surface area contributed by atoms with Gasteiger partial charge in [0.05, 0.1) is 19.8 Å². The molecule has 0 radical (unpaired) electrons. The van der Waals surface area contributed by atoms with Crippen LogP contribution in [0.3, 0.4) is 0 Å². The monoisotopic (exact) mass is 338 g/mol. The number of guanidine groups is 1. The molecule has 1 heterocycles. The second kappa shape index (κ2) is 8.53. The minimum absolute atomic E-state index is 0.432. The molecule has 2 aromatic carbocycles. The van der Waals surface area contributed by atoms with Crippen LogP contribution in [0, 0.1) is 0 Å². The molecule has 0 amide bonds. The smallest absolute Gasteiger partial charge is 0.193 e. The number of hydrogen-bond donors (Lipinski definition) is 2. The fourth-order valence-corrected chi connectivity index (χ4v) is 2.94. The number of benzene rings is 2. The van der Waals surface area contributed by atoms with Crippen LogP contribution in [0.5, 0.6) is 0 Å². The number of nitrogens with two attached hydrogens (primary N) is 1. The highest BCUT2D eigenvalue weighted by molar-refractivity contribution is 5.92. The van der Waals surface area contributed by atoms with Gasteiger partial charge >= 0.3 is 0 Å².